The molecule has 2 rings (SSSR count). The SMILES string of the molecule is CC(C)C(=O)CN1C(=O)C(=O)c2cc(Cl)c(F)cc21. The number of rotatable bonds is 3. The van der Waals surface area contributed by atoms with Crippen LogP contribution < -0.4 is 4.90 Å². The van der Waals surface area contributed by atoms with Crippen LogP contribution in [0.2, 0.25) is 5.02 Å². The van der Waals surface area contributed by atoms with E-state index in [4.69, 9.17) is 11.6 Å². The first-order valence-electron chi connectivity index (χ1n) is 5.71. The van der Waals surface area contributed by atoms with E-state index < -0.39 is 17.5 Å². The normalized spacial score (nSPS) is 14.3. The van der Waals surface area contributed by atoms with Crippen molar-refractivity contribution in [3.05, 3.63) is 28.5 Å². The highest BCUT2D eigenvalue weighted by Gasteiger charge is 2.37. The van der Waals surface area contributed by atoms with E-state index in [1.54, 1.807) is 13.8 Å². The van der Waals surface area contributed by atoms with E-state index in [1.165, 1.54) is 0 Å². The zero-order chi connectivity index (χ0) is 14.3. The number of fused-ring (bicyclic) bond motifs is 1. The predicted molar refractivity (Wildman–Crippen MR) is 67.9 cm³/mol. The zero-order valence-electron chi connectivity index (χ0n) is 10.4. The van der Waals surface area contributed by atoms with Crippen molar-refractivity contribution >= 4 is 34.8 Å². The molecule has 0 saturated heterocycles. The number of ketones is 2. The summed E-state index contributed by atoms with van der Waals surface area (Å²) in [6.45, 7) is 3.14. The summed E-state index contributed by atoms with van der Waals surface area (Å²) in [6.07, 6.45) is 0. The number of carbonyl (C=O) groups excluding carboxylic acids is 3. The molecule has 1 aliphatic rings. The van der Waals surface area contributed by atoms with Crippen molar-refractivity contribution in [2.45, 2.75) is 13.8 Å². The molecule has 0 N–H and O–H groups in total. The van der Waals surface area contributed by atoms with Crippen molar-refractivity contribution in [2.75, 3.05) is 11.4 Å². The van der Waals surface area contributed by atoms with E-state index in [2.05, 4.69) is 0 Å². The first-order valence-corrected chi connectivity index (χ1v) is 6.08. The van der Waals surface area contributed by atoms with Gasteiger partial charge in [-0.2, -0.15) is 0 Å². The fraction of sp³-hybridized carbons (Fsp3) is 0.308. The Morgan fingerprint density at radius 1 is 1.37 bits per heavy atom. The van der Waals surface area contributed by atoms with Crippen LogP contribution in [0.4, 0.5) is 10.1 Å². The van der Waals surface area contributed by atoms with Crippen molar-refractivity contribution < 1.29 is 18.8 Å². The summed E-state index contributed by atoms with van der Waals surface area (Å²) in [5.74, 6) is -2.81. The number of benzene rings is 1. The van der Waals surface area contributed by atoms with Gasteiger partial charge in [-0.25, -0.2) is 4.39 Å². The number of halogens is 2. The molecule has 19 heavy (non-hydrogen) atoms. The topological polar surface area (TPSA) is 54.5 Å². The lowest BCUT2D eigenvalue weighted by molar-refractivity contribution is -0.122. The first-order chi connectivity index (χ1) is 8.82. The van der Waals surface area contributed by atoms with Crippen molar-refractivity contribution in [3.63, 3.8) is 0 Å². The number of hydrogen-bond donors (Lipinski definition) is 0. The van der Waals surface area contributed by atoms with E-state index in [0.717, 1.165) is 17.0 Å². The Bertz CT molecular complexity index is 598. The quantitative estimate of drug-likeness (QED) is 0.800. The molecule has 0 bridgehead atoms. The van der Waals surface area contributed by atoms with Gasteiger partial charge in [0.25, 0.3) is 11.7 Å². The molecule has 0 saturated carbocycles. The number of nitrogens with zero attached hydrogens (tertiary/aromatic N) is 1. The van der Waals surface area contributed by atoms with Crippen LogP contribution in [0.15, 0.2) is 12.1 Å². The minimum atomic E-state index is -0.828. The molecular weight excluding hydrogens is 273 g/mol. The molecule has 0 atom stereocenters. The predicted octanol–water partition coefficient (Wildman–Crippen LogP) is 2.23. The number of carbonyl (C=O) groups is 3. The average molecular weight is 284 g/mol. The van der Waals surface area contributed by atoms with Gasteiger partial charge in [-0.15, -0.1) is 0 Å². The van der Waals surface area contributed by atoms with Crippen molar-refractivity contribution in [2.24, 2.45) is 5.92 Å². The molecule has 1 aromatic carbocycles. The average Bonchev–Trinajstić information content (AvgIpc) is 2.56. The molecular formula is C13H11ClFNO3. The Morgan fingerprint density at radius 2 is 2.00 bits per heavy atom. The molecule has 1 aliphatic heterocycles. The summed E-state index contributed by atoms with van der Waals surface area (Å²) in [7, 11) is 0. The Hall–Kier alpha value is -1.75. The van der Waals surface area contributed by atoms with Gasteiger partial charge in [-0.1, -0.05) is 25.4 Å². The second-order valence-electron chi connectivity index (χ2n) is 4.62. The lowest BCUT2D eigenvalue weighted by atomic mass is 10.1. The molecule has 0 spiro atoms. The van der Waals surface area contributed by atoms with Gasteiger partial charge in [0.2, 0.25) is 0 Å². The molecule has 0 aromatic heterocycles. The zero-order valence-corrected chi connectivity index (χ0v) is 11.1. The monoisotopic (exact) mass is 283 g/mol. The maximum absolute atomic E-state index is 13.4. The van der Waals surface area contributed by atoms with Gasteiger partial charge >= 0.3 is 0 Å². The summed E-state index contributed by atoms with van der Waals surface area (Å²) in [5.41, 5.74) is 0.138. The largest absolute Gasteiger partial charge is 0.299 e. The van der Waals surface area contributed by atoms with Gasteiger partial charge in [0.15, 0.2) is 5.78 Å². The van der Waals surface area contributed by atoms with E-state index in [-0.39, 0.29) is 34.5 Å². The number of anilines is 1. The molecule has 0 fully saturated rings. The van der Waals surface area contributed by atoms with Crippen LogP contribution in [-0.4, -0.2) is 24.0 Å². The molecule has 0 unspecified atom stereocenters. The molecule has 1 aromatic rings. The lowest BCUT2D eigenvalue weighted by Crippen LogP contribution is -2.36. The Labute approximate surface area is 114 Å². The van der Waals surface area contributed by atoms with Gasteiger partial charge in [0, 0.05) is 5.92 Å². The Morgan fingerprint density at radius 3 is 2.58 bits per heavy atom. The third kappa shape index (κ3) is 2.26. The maximum Gasteiger partial charge on any atom is 0.299 e. The third-order valence-corrected chi connectivity index (χ3v) is 3.26. The van der Waals surface area contributed by atoms with E-state index >= 15 is 0 Å². The summed E-state index contributed by atoms with van der Waals surface area (Å²) >= 11 is 5.59. The van der Waals surface area contributed by atoms with E-state index in [0.29, 0.717) is 0 Å². The van der Waals surface area contributed by atoms with Crippen LogP contribution in [0.25, 0.3) is 0 Å². The van der Waals surface area contributed by atoms with Crippen LogP contribution >= 0.6 is 11.6 Å². The van der Waals surface area contributed by atoms with Gasteiger partial charge in [0.1, 0.15) is 5.82 Å². The molecule has 4 nitrogen and oxygen atoms in total. The van der Waals surface area contributed by atoms with Gasteiger partial charge in [-0.3, -0.25) is 19.3 Å². The maximum atomic E-state index is 13.4. The number of amides is 1. The molecule has 1 heterocycles. The first kappa shape index (κ1) is 13.7. The van der Waals surface area contributed by atoms with Crippen molar-refractivity contribution in [1.29, 1.82) is 0 Å². The minimum absolute atomic E-state index is 0.0351. The van der Waals surface area contributed by atoms with Crippen LogP contribution in [0.5, 0.6) is 0 Å². The smallest absolute Gasteiger partial charge is 0.297 e. The van der Waals surface area contributed by atoms with Crippen LogP contribution in [0.3, 0.4) is 0 Å². The fourth-order valence-electron chi connectivity index (χ4n) is 1.78. The Balaban J connectivity index is 2.44. The highest BCUT2D eigenvalue weighted by atomic mass is 35.5. The summed E-state index contributed by atoms with van der Waals surface area (Å²) < 4.78 is 13.4. The van der Waals surface area contributed by atoms with Gasteiger partial charge < -0.3 is 0 Å². The molecule has 0 aliphatic carbocycles. The van der Waals surface area contributed by atoms with E-state index in [9.17, 15) is 18.8 Å². The second-order valence-corrected chi connectivity index (χ2v) is 5.03. The summed E-state index contributed by atoms with van der Waals surface area (Å²) in [5, 5.41) is -0.225. The summed E-state index contributed by atoms with van der Waals surface area (Å²) in [4.78, 5) is 36.2. The Kier molecular flexibility index (Phi) is 3.41. The van der Waals surface area contributed by atoms with Crippen molar-refractivity contribution in [1.82, 2.24) is 0 Å². The standard InChI is InChI=1S/C13H11ClFNO3/c1-6(2)11(17)5-16-10-4-9(15)8(14)3-7(10)12(18)13(16)19/h3-4,6H,5H2,1-2H3. The van der Waals surface area contributed by atoms with Crippen LogP contribution in [0.1, 0.15) is 24.2 Å². The van der Waals surface area contributed by atoms with Crippen LogP contribution in [-0.2, 0) is 9.59 Å². The molecule has 6 heteroatoms. The highest BCUT2D eigenvalue weighted by molar-refractivity contribution is 6.53. The fourth-order valence-corrected chi connectivity index (χ4v) is 1.95. The highest BCUT2D eigenvalue weighted by Crippen LogP contribution is 2.33. The number of hydrogen-bond acceptors (Lipinski definition) is 3. The number of Topliss-reactive ketones (excluding diaryl/α,β-unsaturated/α-hetero) is 2. The van der Waals surface area contributed by atoms with E-state index in [1.807, 2.05) is 0 Å². The molecule has 1 amide bonds. The molecule has 100 valence electrons. The molecule has 0 radical (unpaired) electrons. The van der Waals surface area contributed by atoms with Crippen LogP contribution in [0, 0.1) is 11.7 Å². The van der Waals surface area contributed by atoms with Crippen molar-refractivity contribution in [3.8, 4) is 0 Å². The third-order valence-electron chi connectivity index (χ3n) is 2.97. The minimum Gasteiger partial charge on any atom is -0.297 e. The summed E-state index contributed by atoms with van der Waals surface area (Å²) in [6, 6.07) is 2.13. The van der Waals surface area contributed by atoms with Gasteiger partial charge in [-0.05, 0) is 12.1 Å². The second kappa shape index (κ2) is 4.74. The lowest BCUT2D eigenvalue weighted by Gasteiger charge is -2.16. The van der Waals surface area contributed by atoms with Gasteiger partial charge in [0.05, 0.1) is 22.8 Å².